The van der Waals surface area contributed by atoms with E-state index in [1.165, 1.54) is 61.4 Å². The minimum atomic E-state index is 0.0690. The van der Waals surface area contributed by atoms with Crippen molar-refractivity contribution < 1.29 is 0 Å². The number of benzene rings is 7. The molecule has 7 aromatic carbocycles. The number of hydrogen-bond donors (Lipinski definition) is 0. The molecule has 0 atom stereocenters. The fraction of sp³-hybridized carbons (Fsp3) is 0.0870. The fourth-order valence-electron chi connectivity index (χ4n) is 7.95. The van der Waals surface area contributed by atoms with Crippen molar-refractivity contribution in [2.24, 2.45) is 0 Å². The molecule has 2 heterocycles. The van der Waals surface area contributed by atoms with Crippen LogP contribution in [0, 0.1) is 27.7 Å². The second-order valence-corrected chi connectivity index (χ2v) is 13.7. The van der Waals surface area contributed by atoms with Crippen molar-refractivity contribution in [2.75, 3.05) is 14.7 Å². The van der Waals surface area contributed by atoms with E-state index < -0.39 is 0 Å². The molecule has 9 rings (SSSR count). The summed E-state index contributed by atoms with van der Waals surface area (Å²) in [5.74, 6) is 0. The molecule has 50 heavy (non-hydrogen) atoms. The van der Waals surface area contributed by atoms with E-state index in [0.717, 1.165) is 28.4 Å². The van der Waals surface area contributed by atoms with Crippen LogP contribution in [0.15, 0.2) is 158 Å². The smallest absolute Gasteiger partial charge is 0.252 e. The molecular formula is C46H38BN3. The van der Waals surface area contributed by atoms with Crippen LogP contribution < -0.4 is 31.1 Å². The first-order valence-corrected chi connectivity index (χ1v) is 17.5. The van der Waals surface area contributed by atoms with Crippen LogP contribution in [0.3, 0.4) is 0 Å². The number of hydrogen-bond acceptors (Lipinski definition) is 3. The van der Waals surface area contributed by atoms with Crippen LogP contribution in [0.1, 0.15) is 22.3 Å². The predicted molar refractivity (Wildman–Crippen MR) is 214 cm³/mol. The zero-order valence-corrected chi connectivity index (χ0v) is 28.9. The normalized spacial score (nSPS) is 12.7. The highest BCUT2D eigenvalue weighted by atomic mass is 15.2. The maximum Gasteiger partial charge on any atom is 0.252 e. The molecular weight excluding hydrogens is 605 g/mol. The van der Waals surface area contributed by atoms with Crippen LogP contribution in [0.4, 0.5) is 51.2 Å². The van der Waals surface area contributed by atoms with Crippen molar-refractivity contribution >= 4 is 74.3 Å². The summed E-state index contributed by atoms with van der Waals surface area (Å²) in [6.07, 6.45) is 0. The van der Waals surface area contributed by atoms with E-state index >= 15 is 0 Å². The molecule has 2 aliphatic heterocycles. The quantitative estimate of drug-likeness (QED) is 0.173. The van der Waals surface area contributed by atoms with Gasteiger partial charge in [-0.05, 0) is 139 Å². The van der Waals surface area contributed by atoms with Gasteiger partial charge in [-0.25, -0.2) is 0 Å². The third kappa shape index (κ3) is 4.74. The van der Waals surface area contributed by atoms with Crippen molar-refractivity contribution in [3.05, 3.63) is 180 Å². The van der Waals surface area contributed by atoms with Crippen molar-refractivity contribution in [1.82, 2.24) is 0 Å². The van der Waals surface area contributed by atoms with Gasteiger partial charge in [0.05, 0.1) is 5.69 Å². The Morgan fingerprint density at radius 1 is 0.380 bits per heavy atom. The molecule has 240 valence electrons. The molecule has 0 unspecified atom stereocenters. The first-order chi connectivity index (χ1) is 24.5. The van der Waals surface area contributed by atoms with Gasteiger partial charge < -0.3 is 14.7 Å². The van der Waals surface area contributed by atoms with E-state index in [1.807, 2.05) is 0 Å². The summed E-state index contributed by atoms with van der Waals surface area (Å²) in [5, 5.41) is 0. The van der Waals surface area contributed by atoms with Crippen LogP contribution in [-0.4, -0.2) is 6.71 Å². The lowest BCUT2D eigenvalue weighted by atomic mass is 9.33. The Bertz CT molecular complexity index is 2210. The van der Waals surface area contributed by atoms with E-state index in [4.69, 9.17) is 0 Å². The number of fused-ring (bicyclic) bond motifs is 4. The topological polar surface area (TPSA) is 9.72 Å². The molecule has 0 saturated carbocycles. The van der Waals surface area contributed by atoms with Crippen LogP contribution in [0.5, 0.6) is 0 Å². The summed E-state index contributed by atoms with van der Waals surface area (Å²) in [6.45, 7) is 9.05. The SMILES string of the molecule is Cc1cc2c(cc1C)N(c1ccccc1)c1cc(N(c3ccccc3)c3ccccc3)cc3c1B2c1cc(C)c(C)cc1N3c1ccccc1. The Kier molecular flexibility index (Phi) is 7.13. The maximum atomic E-state index is 2.50. The van der Waals surface area contributed by atoms with Gasteiger partial charge in [0.25, 0.3) is 6.71 Å². The molecule has 0 N–H and O–H groups in total. The van der Waals surface area contributed by atoms with Crippen LogP contribution in [0.2, 0.25) is 0 Å². The number of nitrogens with zero attached hydrogens (tertiary/aromatic N) is 3. The van der Waals surface area contributed by atoms with Crippen molar-refractivity contribution in [3.63, 3.8) is 0 Å². The second kappa shape index (κ2) is 11.9. The number of anilines is 9. The van der Waals surface area contributed by atoms with Gasteiger partial charge in [-0.3, -0.25) is 0 Å². The Labute approximate surface area is 295 Å². The van der Waals surface area contributed by atoms with Gasteiger partial charge in [0.2, 0.25) is 0 Å². The fourth-order valence-corrected chi connectivity index (χ4v) is 7.95. The van der Waals surface area contributed by atoms with Crippen LogP contribution in [0.25, 0.3) is 0 Å². The van der Waals surface area contributed by atoms with E-state index in [-0.39, 0.29) is 6.71 Å². The summed E-state index contributed by atoms with van der Waals surface area (Å²) in [7, 11) is 0. The third-order valence-electron chi connectivity index (χ3n) is 10.6. The average molecular weight is 644 g/mol. The van der Waals surface area contributed by atoms with E-state index in [0.29, 0.717) is 0 Å². The number of rotatable bonds is 5. The molecule has 2 aliphatic rings. The minimum absolute atomic E-state index is 0.0690. The first-order valence-electron chi connectivity index (χ1n) is 17.5. The van der Waals surface area contributed by atoms with Gasteiger partial charge in [-0.1, -0.05) is 84.9 Å². The highest BCUT2D eigenvalue weighted by Crippen LogP contribution is 2.48. The van der Waals surface area contributed by atoms with Gasteiger partial charge in [0.15, 0.2) is 0 Å². The summed E-state index contributed by atoms with van der Waals surface area (Å²) in [6, 6.07) is 57.8. The van der Waals surface area contributed by atoms with Crippen molar-refractivity contribution in [2.45, 2.75) is 27.7 Å². The van der Waals surface area contributed by atoms with Crippen LogP contribution in [-0.2, 0) is 0 Å². The molecule has 7 aromatic rings. The zero-order valence-electron chi connectivity index (χ0n) is 28.9. The monoisotopic (exact) mass is 643 g/mol. The largest absolute Gasteiger partial charge is 0.311 e. The molecule has 0 saturated heterocycles. The summed E-state index contributed by atoms with van der Waals surface area (Å²) < 4.78 is 0. The molecule has 0 bridgehead atoms. The van der Waals surface area contributed by atoms with E-state index in [1.54, 1.807) is 0 Å². The molecule has 4 heteroatoms. The minimum Gasteiger partial charge on any atom is -0.311 e. The van der Waals surface area contributed by atoms with Gasteiger partial charge in [0, 0.05) is 45.5 Å². The average Bonchev–Trinajstić information content (AvgIpc) is 3.15. The lowest BCUT2D eigenvalue weighted by Gasteiger charge is -2.45. The van der Waals surface area contributed by atoms with Gasteiger partial charge in [0.1, 0.15) is 0 Å². The Morgan fingerprint density at radius 3 is 1.14 bits per heavy atom. The summed E-state index contributed by atoms with van der Waals surface area (Å²) in [5.41, 5.74) is 19.8. The lowest BCUT2D eigenvalue weighted by molar-refractivity contribution is 1.21. The molecule has 0 spiro atoms. The van der Waals surface area contributed by atoms with Gasteiger partial charge >= 0.3 is 0 Å². The summed E-state index contributed by atoms with van der Waals surface area (Å²) >= 11 is 0. The van der Waals surface area contributed by atoms with Crippen molar-refractivity contribution in [1.29, 1.82) is 0 Å². The molecule has 0 aliphatic carbocycles. The second-order valence-electron chi connectivity index (χ2n) is 13.7. The van der Waals surface area contributed by atoms with E-state index in [9.17, 15) is 0 Å². The number of para-hydroxylation sites is 4. The predicted octanol–water partition coefficient (Wildman–Crippen LogP) is 10.5. The highest BCUT2D eigenvalue weighted by molar-refractivity contribution is 7.00. The van der Waals surface area contributed by atoms with Gasteiger partial charge in [-0.15, -0.1) is 0 Å². The maximum absolute atomic E-state index is 2.50. The first kappa shape index (κ1) is 30.1. The Balaban J connectivity index is 1.44. The number of aryl methyl sites for hydroxylation is 4. The Hall–Kier alpha value is -6.00. The highest BCUT2D eigenvalue weighted by Gasteiger charge is 2.44. The molecule has 0 amide bonds. The lowest BCUT2D eigenvalue weighted by Crippen LogP contribution is -2.61. The Morgan fingerprint density at radius 2 is 0.740 bits per heavy atom. The standard InChI is InChI=1S/C46H38BN3/c1-31-25-40-42(27-33(31)3)49(37-21-13-7-14-22-37)44-29-39(48(35-17-9-5-10-18-35)36-19-11-6-12-20-36)30-45-46(44)47(40)41-26-32(2)34(4)28-43(41)50(45)38-23-15-8-16-24-38/h5-30H,1-4H3. The third-order valence-corrected chi connectivity index (χ3v) is 10.6. The van der Waals surface area contributed by atoms with Crippen LogP contribution >= 0.6 is 0 Å². The van der Waals surface area contributed by atoms with Crippen molar-refractivity contribution in [3.8, 4) is 0 Å². The zero-order chi connectivity index (χ0) is 33.9. The molecule has 3 nitrogen and oxygen atoms in total. The van der Waals surface area contributed by atoms with E-state index in [2.05, 4.69) is 200 Å². The van der Waals surface area contributed by atoms with Gasteiger partial charge in [-0.2, -0.15) is 0 Å². The molecule has 0 aromatic heterocycles. The molecule has 0 fully saturated rings. The summed E-state index contributed by atoms with van der Waals surface area (Å²) in [4.78, 5) is 7.40. The molecule has 0 radical (unpaired) electrons.